The Balaban J connectivity index is 2.05. The summed E-state index contributed by atoms with van der Waals surface area (Å²) in [7, 11) is 0. The molecule has 0 radical (unpaired) electrons. The summed E-state index contributed by atoms with van der Waals surface area (Å²) in [6, 6.07) is 9.54. The van der Waals surface area contributed by atoms with Crippen LogP contribution in [0.3, 0.4) is 0 Å². The molecule has 0 aliphatic heterocycles. The smallest absolute Gasteiger partial charge is 0.303 e. The first kappa shape index (κ1) is 11.4. The highest BCUT2D eigenvalue weighted by atomic mass is 16.5. The Bertz CT molecular complexity index is 520. The summed E-state index contributed by atoms with van der Waals surface area (Å²) in [4.78, 5) is 14.6. The van der Waals surface area contributed by atoms with E-state index in [2.05, 4.69) is 4.98 Å². The van der Waals surface area contributed by atoms with Crippen LogP contribution in [-0.2, 0) is 4.79 Å². The molecule has 88 valence electrons. The highest BCUT2D eigenvalue weighted by Crippen LogP contribution is 2.22. The molecule has 1 aromatic heterocycles. The zero-order valence-electron chi connectivity index (χ0n) is 9.30. The molecule has 0 aliphatic carbocycles. The molecule has 0 bridgehead atoms. The molecular formula is C13H13NO3. The van der Waals surface area contributed by atoms with Gasteiger partial charge in [0.15, 0.2) is 0 Å². The molecule has 4 nitrogen and oxygen atoms in total. The maximum Gasteiger partial charge on any atom is 0.303 e. The van der Waals surface area contributed by atoms with Crippen molar-refractivity contribution in [1.82, 2.24) is 4.98 Å². The molecule has 0 unspecified atom stereocenters. The molecule has 1 aromatic carbocycles. The van der Waals surface area contributed by atoms with Crippen LogP contribution in [0.2, 0.25) is 0 Å². The summed E-state index contributed by atoms with van der Waals surface area (Å²) in [5.74, 6) is -0.0990. The fourth-order valence-electron chi connectivity index (χ4n) is 1.60. The Labute approximate surface area is 98.9 Å². The van der Waals surface area contributed by atoms with Crippen molar-refractivity contribution in [3.05, 3.63) is 36.5 Å². The topological polar surface area (TPSA) is 59.4 Å². The van der Waals surface area contributed by atoms with E-state index in [1.165, 1.54) is 0 Å². The lowest BCUT2D eigenvalue weighted by Crippen LogP contribution is -2.02. The standard InChI is InChI=1S/C13H13NO3/c15-12(16)7-3-9-17-11-6-1-4-10-5-2-8-14-13(10)11/h1-2,4-6,8H,3,7,9H2,(H,15,16). The van der Waals surface area contributed by atoms with Gasteiger partial charge in [-0.1, -0.05) is 18.2 Å². The molecule has 0 amide bonds. The third-order valence-electron chi connectivity index (χ3n) is 2.39. The van der Waals surface area contributed by atoms with E-state index in [1.54, 1.807) is 6.20 Å². The van der Waals surface area contributed by atoms with Crippen LogP contribution in [0.5, 0.6) is 5.75 Å². The fraction of sp³-hybridized carbons (Fsp3) is 0.231. The average molecular weight is 231 g/mol. The van der Waals surface area contributed by atoms with Crippen LogP contribution in [0.15, 0.2) is 36.5 Å². The molecule has 1 heterocycles. The number of pyridine rings is 1. The van der Waals surface area contributed by atoms with E-state index in [4.69, 9.17) is 9.84 Å². The third kappa shape index (κ3) is 2.93. The van der Waals surface area contributed by atoms with E-state index in [1.807, 2.05) is 30.3 Å². The van der Waals surface area contributed by atoms with Gasteiger partial charge in [0.2, 0.25) is 0 Å². The summed E-state index contributed by atoms with van der Waals surface area (Å²) in [6.45, 7) is 0.391. The second-order valence-corrected chi connectivity index (χ2v) is 3.68. The summed E-state index contributed by atoms with van der Waals surface area (Å²) in [5.41, 5.74) is 0.810. The Kier molecular flexibility index (Phi) is 3.55. The minimum atomic E-state index is -0.801. The molecule has 0 saturated heterocycles. The molecule has 4 heteroatoms. The number of fused-ring (bicyclic) bond motifs is 1. The quantitative estimate of drug-likeness (QED) is 0.803. The van der Waals surface area contributed by atoms with Crippen LogP contribution in [0.25, 0.3) is 10.9 Å². The van der Waals surface area contributed by atoms with Gasteiger partial charge in [0.1, 0.15) is 11.3 Å². The molecule has 2 aromatic rings. The van der Waals surface area contributed by atoms with Gasteiger partial charge < -0.3 is 9.84 Å². The Hall–Kier alpha value is -2.10. The van der Waals surface area contributed by atoms with E-state index in [9.17, 15) is 4.79 Å². The minimum Gasteiger partial charge on any atom is -0.491 e. The van der Waals surface area contributed by atoms with Crippen LogP contribution < -0.4 is 4.74 Å². The van der Waals surface area contributed by atoms with Gasteiger partial charge in [0.05, 0.1) is 6.61 Å². The molecule has 0 saturated carbocycles. The summed E-state index contributed by atoms with van der Waals surface area (Å²) in [6.07, 6.45) is 2.34. The van der Waals surface area contributed by atoms with Gasteiger partial charge in [-0.2, -0.15) is 0 Å². The van der Waals surface area contributed by atoms with Crippen LogP contribution in [-0.4, -0.2) is 22.7 Å². The Morgan fingerprint density at radius 3 is 2.94 bits per heavy atom. The van der Waals surface area contributed by atoms with Crippen LogP contribution in [0, 0.1) is 0 Å². The predicted octanol–water partition coefficient (Wildman–Crippen LogP) is 2.48. The molecule has 0 fully saturated rings. The number of benzene rings is 1. The molecule has 2 rings (SSSR count). The molecule has 1 N–H and O–H groups in total. The zero-order chi connectivity index (χ0) is 12.1. The van der Waals surface area contributed by atoms with Gasteiger partial charge in [-0.05, 0) is 18.6 Å². The number of nitrogens with zero attached hydrogens (tertiary/aromatic N) is 1. The third-order valence-corrected chi connectivity index (χ3v) is 2.39. The van der Waals surface area contributed by atoms with Crippen LogP contribution >= 0.6 is 0 Å². The second-order valence-electron chi connectivity index (χ2n) is 3.68. The summed E-state index contributed by atoms with van der Waals surface area (Å²) >= 11 is 0. The molecule has 0 spiro atoms. The number of carboxylic acids is 1. The Morgan fingerprint density at radius 2 is 2.12 bits per heavy atom. The Morgan fingerprint density at radius 1 is 1.29 bits per heavy atom. The van der Waals surface area contributed by atoms with Gasteiger partial charge >= 0.3 is 5.97 Å². The van der Waals surface area contributed by atoms with E-state index >= 15 is 0 Å². The van der Waals surface area contributed by atoms with E-state index in [0.717, 1.165) is 10.9 Å². The first-order valence-corrected chi connectivity index (χ1v) is 5.46. The van der Waals surface area contributed by atoms with Crippen molar-refractivity contribution in [2.45, 2.75) is 12.8 Å². The average Bonchev–Trinajstić information content (AvgIpc) is 2.34. The van der Waals surface area contributed by atoms with Crippen molar-refractivity contribution in [2.24, 2.45) is 0 Å². The number of hydrogen-bond acceptors (Lipinski definition) is 3. The van der Waals surface area contributed by atoms with Gasteiger partial charge in [-0.25, -0.2) is 0 Å². The highest BCUT2D eigenvalue weighted by Gasteiger charge is 2.03. The number of para-hydroxylation sites is 1. The second kappa shape index (κ2) is 5.30. The lowest BCUT2D eigenvalue weighted by atomic mass is 10.2. The van der Waals surface area contributed by atoms with Gasteiger partial charge in [-0.3, -0.25) is 9.78 Å². The van der Waals surface area contributed by atoms with Crippen LogP contribution in [0.4, 0.5) is 0 Å². The maximum absolute atomic E-state index is 10.4. The maximum atomic E-state index is 10.4. The summed E-state index contributed by atoms with van der Waals surface area (Å²) in [5, 5.41) is 9.53. The molecular weight excluding hydrogens is 218 g/mol. The van der Waals surface area contributed by atoms with Crippen molar-refractivity contribution in [3.8, 4) is 5.75 Å². The van der Waals surface area contributed by atoms with E-state index < -0.39 is 5.97 Å². The number of rotatable bonds is 5. The first-order valence-electron chi connectivity index (χ1n) is 5.46. The minimum absolute atomic E-state index is 0.123. The van der Waals surface area contributed by atoms with E-state index in [-0.39, 0.29) is 6.42 Å². The number of carboxylic acid groups (broad SMARTS) is 1. The largest absolute Gasteiger partial charge is 0.491 e. The number of carbonyl (C=O) groups is 1. The van der Waals surface area contributed by atoms with Gasteiger partial charge in [0, 0.05) is 18.0 Å². The van der Waals surface area contributed by atoms with Crippen molar-refractivity contribution < 1.29 is 14.6 Å². The van der Waals surface area contributed by atoms with E-state index in [0.29, 0.717) is 18.8 Å². The lowest BCUT2D eigenvalue weighted by molar-refractivity contribution is -0.137. The molecule has 0 atom stereocenters. The number of aromatic nitrogens is 1. The molecule has 0 aliphatic rings. The van der Waals surface area contributed by atoms with Crippen molar-refractivity contribution >= 4 is 16.9 Å². The van der Waals surface area contributed by atoms with Gasteiger partial charge in [0.25, 0.3) is 0 Å². The zero-order valence-corrected chi connectivity index (χ0v) is 9.30. The monoisotopic (exact) mass is 231 g/mol. The normalized spacial score (nSPS) is 10.4. The highest BCUT2D eigenvalue weighted by molar-refractivity contribution is 5.84. The lowest BCUT2D eigenvalue weighted by Gasteiger charge is -2.07. The van der Waals surface area contributed by atoms with Crippen molar-refractivity contribution in [2.75, 3.05) is 6.61 Å². The number of hydrogen-bond donors (Lipinski definition) is 1. The fourth-order valence-corrected chi connectivity index (χ4v) is 1.60. The summed E-state index contributed by atoms with van der Waals surface area (Å²) < 4.78 is 5.54. The first-order chi connectivity index (χ1) is 8.27. The number of aliphatic carboxylic acids is 1. The molecule has 17 heavy (non-hydrogen) atoms. The van der Waals surface area contributed by atoms with Crippen molar-refractivity contribution in [3.63, 3.8) is 0 Å². The SMILES string of the molecule is O=C(O)CCCOc1cccc2cccnc12. The van der Waals surface area contributed by atoms with Crippen molar-refractivity contribution in [1.29, 1.82) is 0 Å². The van der Waals surface area contributed by atoms with Gasteiger partial charge in [-0.15, -0.1) is 0 Å². The predicted molar refractivity (Wildman–Crippen MR) is 64.1 cm³/mol. The van der Waals surface area contributed by atoms with Crippen LogP contribution in [0.1, 0.15) is 12.8 Å². The number of ether oxygens (including phenoxy) is 1.